The van der Waals surface area contributed by atoms with Crippen molar-refractivity contribution in [3.05, 3.63) is 12.3 Å². The molecule has 18 heavy (non-hydrogen) atoms. The van der Waals surface area contributed by atoms with Gasteiger partial charge in [-0.2, -0.15) is 4.98 Å². The molecule has 0 unspecified atom stereocenters. The molecule has 100 valence electrons. The molecule has 0 N–H and O–H groups in total. The number of rotatable bonds is 5. The predicted molar refractivity (Wildman–Crippen MR) is 69.1 cm³/mol. The molecular weight excluding hydrogens is 232 g/mol. The van der Waals surface area contributed by atoms with Crippen molar-refractivity contribution >= 4 is 5.95 Å². The maximum absolute atomic E-state index is 5.12. The van der Waals surface area contributed by atoms with Gasteiger partial charge in [-0.15, -0.1) is 0 Å². The largest absolute Gasteiger partial charge is 0.481 e. The van der Waals surface area contributed by atoms with Gasteiger partial charge < -0.3 is 14.4 Å². The summed E-state index contributed by atoms with van der Waals surface area (Å²) in [5, 5.41) is 0. The van der Waals surface area contributed by atoms with Crippen LogP contribution < -0.4 is 9.64 Å². The van der Waals surface area contributed by atoms with Gasteiger partial charge in [0.05, 0.1) is 13.7 Å². The van der Waals surface area contributed by atoms with Crippen molar-refractivity contribution in [1.82, 2.24) is 14.9 Å². The van der Waals surface area contributed by atoms with Crippen molar-refractivity contribution in [3.8, 4) is 5.88 Å². The molecule has 0 aliphatic carbocycles. The van der Waals surface area contributed by atoms with E-state index in [2.05, 4.69) is 19.8 Å². The average Bonchev–Trinajstić information content (AvgIpc) is 2.46. The lowest BCUT2D eigenvalue weighted by molar-refractivity contribution is 0.143. The number of methoxy groups -OCH3 is 2. The smallest absolute Gasteiger partial charge is 0.228 e. The Hall–Kier alpha value is -1.40. The van der Waals surface area contributed by atoms with Gasteiger partial charge in [0, 0.05) is 52.1 Å². The normalized spacial score (nSPS) is 16.9. The van der Waals surface area contributed by atoms with Gasteiger partial charge >= 0.3 is 0 Å². The number of piperazine rings is 1. The molecule has 0 atom stereocenters. The number of aromatic nitrogens is 2. The van der Waals surface area contributed by atoms with Crippen LogP contribution in [0.4, 0.5) is 5.95 Å². The van der Waals surface area contributed by atoms with E-state index in [-0.39, 0.29) is 0 Å². The second kappa shape index (κ2) is 6.51. The highest BCUT2D eigenvalue weighted by molar-refractivity contribution is 5.32. The van der Waals surface area contributed by atoms with E-state index in [0.717, 1.165) is 45.3 Å². The number of anilines is 1. The van der Waals surface area contributed by atoms with Crippen molar-refractivity contribution < 1.29 is 9.47 Å². The number of ether oxygens (including phenoxy) is 2. The van der Waals surface area contributed by atoms with E-state index in [1.165, 1.54) is 0 Å². The molecule has 0 saturated carbocycles. The average molecular weight is 252 g/mol. The van der Waals surface area contributed by atoms with Gasteiger partial charge in [0.25, 0.3) is 0 Å². The molecule has 1 aliphatic heterocycles. The third-order valence-corrected chi connectivity index (χ3v) is 3.09. The summed E-state index contributed by atoms with van der Waals surface area (Å²) in [6.07, 6.45) is 1.73. The molecular formula is C12H20N4O2. The molecule has 2 rings (SSSR count). The van der Waals surface area contributed by atoms with Crippen LogP contribution in [-0.4, -0.2) is 68.4 Å². The lowest BCUT2D eigenvalue weighted by Gasteiger charge is -2.34. The summed E-state index contributed by atoms with van der Waals surface area (Å²) >= 11 is 0. The minimum Gasteiger partial charge on any atom is -0.481 e. The van der Waals surface area contributed by atoms with Crippen molar-refractivity contribution in [2.24, 2.45) is 0 Å². The van der Waals surface area contributed by atoms with E-state index in [0.29, 0.717) is 5.88 Å². The Bertz CT molecular complexity index is 367. The molecule has 0 spiro atoms. The fraction of sp³-hybridized carbons (Fsp3) is 0.667. The number of hydrogen-bond donors (Lipinski definition) is 0. The monoisotopic (exact) mass is 252 g/mol. The van der Waals surface area contributed by atoms with Crippen LogP contribution >= 0.6 is 0 Å². The van der Waals surface area contributed by atoms with Crippen LogP contribution in [0.25, 0.3) is 0 Å². The molecule has 0 aromatic carbocycles. The summed E-state index contributed by atoms with van der Waals surface area (Å²) in [5.74, 6) is 1.36. The first kappa shape index (κ1) is 13.0. The fourth-order valence-electron chi connectivity index (χ4n) is 1.99. The van der Waals surface area contributed by atoms with Crippen LogP contribution in [0.5, 0.6) is 5.88 Å². The maximum atomic E-state index is 5.12. The molecule has 2 heterocycles. The van der Waals surface area contributed by atoms with Crippen LogP contribution in [0, 0.1) is 0 Å². The van der Waals surface area contributed by atoms with Gasteiger partial charge in [-0.25, -0.2) is 4.98 Å². The summed E-state index contributed by atoms with van der Waals surface area (Å²) in [5.41, 5.74) is 0. The van der Waals surface area contributed by atoms with Crippen LogP contribution in [0.15, 0.2) is 12.3 Å². The van der Waals surface area contributed by atoms with Gasteiger partial charge in [-0.3, -0.25) is 4.90 Å². The van der Waals surface area contributed by atoms with E-state index in [1.54, 1.807) is 26.5 Å². The summed E-state index contributed by atoms with van der Waals surface area (Å²) in [7, 11) is 3.36. The van der Waals surface area contributed by atoms with Crippen LogP contribution in [0.1, 0.15) is 0 Å². The Morgan fingerprint density at radius 3 is 2.67 bits per heavy atom. The first-order valence-electron chi connectivity index (χ1n) is 6.17. The maximum Gasteiger partial charge on any atom is 0.228 e. The fourth-order valence-corrected chi connectivity index (χ4v) is 1.99. The molecule has 1 saturated heterocycles. The highest BCUT2D eigenvalue weighted by Gasteiger charge is 2.18. The zero-order valence-electron chi connectivity index (χ0n) is 11.0. The van der Waals surface area contributed by atoms with E-state index in [1.807, 2.05) is 0 Å². The third kappa shape index (κ3) is 3.30. The zero-order valence-corrected chi connectivity index (χ0v) is 11.0. The van der Waals surface area contributed by atoms with Gasteiger partial charge in [0.1, 0.15) is 0 Å². The van der Waals surface area contributed by atoms with Gasteiger partial charge in [0.2, 0.25) is 11.8 Å². The van der Waals surface area contributed by atoms with Gasteiger partial charge in [0.15, 0.2) is 0 Å². The highest BCUT2D eigenvalue weighted by Crippen LogP contribution is 2.14. The van der Waals surface area contributed by atoms with E-state index in [4.69, 9.17) is 9.47 Å². The summed E-state index contributed by atoms with van der Waals surface area (Å²) in [6, 6.07) is 1.76. The van der Waals surface area contributed by atoms with Crippen molar-refractivity contribution in [1.29, 1.82) is 0 Å². The van der Waals surface area contributed by atoms with Gasteiger partial charge in [-0.1, -0.05) is 0 Å². The Labute approximate surface area is 108 Å². The molecule has 1 fully saturated rings. The second-order valence-corrected chi connectivity index (χ2v) is 4.22. The van der Waals surface area contributed by atoms with E-state index >= 15 is 0 Å². The molecule has 1 aromatic rings. The standard InChI is InChI=1S/C12H20N4O2/c1-17-10-9-15-5-7-16(8-6-15)12-13-4-3-11(14-12)18-2/h3-4H,5-10H2,1-2H3. The molecule has 0 radical (unpaired) electrons. The lowest BCUT2D eigenvalue weighted by Crippen LogP contribution is -2.47. The van der Waals surface area contributed by atoms with Crippen LogP contribution in [-0.2, 0) is 4.74 Å². The lowest BCUT2D eigenvalue weighted by atomic mass is 10.3. The molecule has 6 heteroatoms. The van der Waals surface area contributed by atoms with Crippen LogP contribution in [0.2, 0.25) is 0 Å². The summed E-state index contributed by atoms with van der Waals surface area (Å²) in [6.45, 7) is 5.70. The SMILES string of the molecule is COCCN1CCN(c2nccc(OC)n2)CC1. The highest BCUT2D eigenvalue weighted by atomic mass is 16.5. The first-order valence-corrected chi connectivity index (χ1v) is 6.17. The summed E-state index contributed by atoms with van der Waals surface area (Å²) < 4.78 is 10.2. The quantitative estimate of drug-likeness (QED) is 0.749. The molecule has 1 aliphatic rings. The van der Waals surface area contributed by atoms with E-state index < -0.39 is 0 Å². The van der Waals surface area contributed by atoms with E-state index in [9.17, 15) is 0 Å². The molecule has 1 aromatic heterocycles. The Morgan fingerprint density at radius 2 is 2.00 bits per heavy atom. The van der Waals surface area contributed by atoms with Gasteiger partial charge in [-0.05, 0) is 0 Å². The number of hydrogen-bond acceptors (Lipinski definition) is 6. The Balaban J connectivity index is 1.88. The molecule has 6 nitrogen and oxygen atoms in total. The van der Waals surface area contributed by atoms with Crippen LogP contribution in [0.3, 0.4) is 0 Å². The van der Waals surface area contributed by atoms with Crippen molar-refractivity contribution in [2.75, 3.05) is 58.5 Å². The van der Waals surface area contributed by atoms with Crippen molar-refractivity contribution in [3.63, 3.8) is 0 Å². The Kier molecular flexibility index (Phi) is 4.72. The first-order chi connectivity index (χ1) is 8.83. The summed E-state index contributed by atoms with van der Waals surface area (Å²) in [4.78, 5) is 13.2. The number of nitrogens with zero attached hydrogens (tertiary/aromatic N) is 4. The third-order valence-electron chi connectivity index (χ3n) is 3.09. The topological polar surface area (TPSA) is 50.7 Å². The Morgan fingerprint density at radius 1 is 1.22 bits per heavy atom. The molecule has 0 amide bonds. The molecule has 0 bridgehead atoms. The minimum atomic E-state index is 0.613. The predicted octanol–water partition coefficient (Wildman–Crippen LogP) is 0.254. The second-order valence-electron chi connectivity index (χ2n) is 4.22. The zero-order chi connectivity index (χ0) is 12.8. The van der Waals surface area contributed by atoms with Crippen molar-refractivity contribution in [2.45, 2.75) is 0 Å². The minimum absolute atomic E-state index is 0.613.